The highest BCUT2D eigenvalue weighted by molar-refractivity contribution is 6.01. The maximum Gasteiger partial charge on any atom is 0.326 e. The van der Waals surface area contributed by atoms with E-state index in [0.29, 0.717) is 39.0 Å². The third-order valence-electron chi connectivity index (χ3n) is 6.00. The first-order chi connectivity index (χ1) is 14.9. The Labute approximate surface area is 180 Å². The van der Waals surface area contributed by atoms with Gasteiger partial charge in [-0.05, 0) is 18.1 Å². The Morgan fingerprint density at radius 1 is 1.00 bits per heavy atom. The van der Waals surface area contributed by atoms with Gasteiger partial charge in [0.1, 0.15) is 6.54 Å². The molecule has 2 aliphatic heterocycles. The van der Waals surface area contributed by atoms with E-state index in [2.05, 4.69) is 4.98 Å². The summed E-state index contributed by atoms with van der Waals surface area (Å²) >= 11 is 0. The van der Waals surface area contributed by atoms with Crippen LogP contribution in [0.2, 0.25) is 0 Å². The predicted molar refractivity (Wildman–Crippen MR) is 114 cm³/mol. The largest absolute Gasteiger partial charge is 0.361 e. The highest BCUT2D eigenvalue weighted by Gasteiger charge is 2.33. The maximum absolute atomic E-state index is 12.7. The van der Waals surface area contributed by atoms with Crippen LogP contribution in [0.1, 0.15) is 18.4 Å². The Morgan fingerprint density at radius 2 is 1.68 bits per heavy atom. The minimum absolute atomic E-state index is 0.00354. The summed E-state index contributed by atoms with van der Waals surface area (Å²) in [7, 11) is 1.59. The lowest BCUT2D eigenvalue weighted by atomic mass is 10.1. The molecule has 0 saturated carbocycles. The highest BCUT2D eigenvalue weighted by atomic mass is 16.2. The summed E-state index contributed by atoms with van der Waals surface area (Å²) in [6.45, 7) is 2.39. The smallest absolute Gasteiger partial charge is 0.326 e. The van der Waals surface area contributed by atoms with Crippen LogP contribution in [0.15, 0.2) is 30.5 Å². The summed E-state index contributed by atoms with van der Waals surface area (Å²) in [6, 6.07) is 7.61. The van der Waals surface area contributed by atoms with E-state index in [1.165, 1.54) is 9.80 Å². The molecule has 9 heteroatoms. The number of likely N-dealkylation sites (N-methyl/N-ethyl adjacent to an activating group) is 1. The van der Waals surface area contributed by atoms with Crippen LogP contribution in [0.25, 0.3) is 10.9 Å². The minimum Gasteiger partial charge on any atom is -0.361 e. The van der Waals surface area contributed by atoms with Crippen LogP contribution in [0.4, 0.5) is 4.79 Å². The van der Waals surface area contributed by atoms with Crippen LogP contribution in [0.5, 0.6) is 0 Å². The number of benzene rings is 1. The molecule has 0 atom stereocenters. The second-order valence-electron chi connectivity index (χ2n) is 8.09. The number of para-hydroxylation sites is 1. The number of amides is 5. The number of imide groups is 1. The van der Waals surface area contributed by atoms with Gasteiger partial charge in [0.15, 0.2) is 0 Å². The lowest BCUT2D eigenvalue weighted by Crippen LogP contribution is -2.51. The first kappa shape index (κ1) is 20.9. The number of H-pyrrole nitrogens is 1. The molecule has 2 fully saturated rings. The summed E-state index contributed by atoms with van der Waals surface area (Å²) in [4.78, 5) is 58.2. The van der Waals surface area contributed by atoms with Crippen LogP contribution in [0.3, 0.4) is 0 Å². The average molecular weight is 425 g/mol. The van der Waals surface area contributed by atoms with E-state index in [4.69, 9.17) is 0 Å². The quantitative estimate of drug-likeness (QED) is 0.700. The van der Waals surface area contributed by atoms with E-state index in [1.807, 2.05) is 35.4 Å². The number of fused-ring (bicyclic) bond motifs is 1. The number of hydrogen-bond acceptors (Lipinski definition) is 4. The van der Waals surface area contributed by atoms with Crippen molar-refractivity contribution in [3.05, 3.63) is 36.0 Å². The molecule has 0 bridgehead atoms. The number of aromatic nitrogens is 1. The van der Waals surface area contributed by atoms with Gasteiger partial charge in [-0.1, -0.05) is 18.2 Å². The van der Waals surface area contributed by atoms with Crippen molar-refractivity contribution in [3.63, 3.8) is 0 Å². The van der Waals surface area contributed by atoms with Crippen LogP contribution in [-0.2, 0) is 20.8 Å². The Bertz CT molecular complexity index is 1010. The molecule has 3 heterocycles. The second kappa shape index (κ2) is 8.79. The third kappa shape index (κ3) is 4.40. The molecule has 0 spiro atoms. The normalized spacial score (nSPS) is 17.2. The van der Waals surface area contributed by atoms with Gasteiger partial charge in [-0.25, -0.2) is 4.79 Å². The Kier molecular flexibility index (Phi) is 5.92. The molecule has 31 heavy (non-hydrogen) atoms. The first-order valence-electron chi connectivity index (χ1n) is 10.6. The van der Waals surface area contributed by atoms with Crippen molar-refractivity contribution in [1.29, 1.82) is 0 Å². The number of piperazine rings is 1. The fourth-order valence-electron chi connectivity index (χ4n) is 4.19. The highest BCUT2D eigenvalue weighted by Crippen LogP contribution is 2.19. The van der Waals surface area contributed by atoms with E-state index in [9.17, 15) is 19.2 Å². The van der Waals surface area contributed by atoms with Gasteiger partial charge in [-0.2, -0.15) is 0 Å². The number of hydrogen-bond donors (Lipinski definition) is 1. The monoisotopic (exact) mass is 425 g/mol. The van der Waals surface area contributed by atoms with Crippen LogP contribution >= 0.6 is 0 Å². The first-order valence-corrected chi connectivity index (χ1v) is 10.6. The van der Waals surface area contributed by atoms with Gasteiger partial charge in [0.25, 0.3) is 0 Å². The number of carbonyl (C=O) groups excluding carboxylic acids is 4. The fourth-order valence-corrected chi connectivity index (χ4v) is 4.19. The van der Waals surface area contributed by atoms with Crippen molar-refractivity contribution in [2.45, 2.75) is 19.3 Å². The summed E-state index contributed by atoms with van der Waals surface area (Å²) in [5.41, 5.74) is 2.00. The summed E-state index contributed by atoms with van der Waals surface area (Å²) in [5.74, 6) is -0.162. The number of urea groups is 1. The minimum atomic E-state index is -0.306. The molecule has 4 rings (SSSR count). The molecule has 1 aromatic carbocycles. The van der Waals surface area contributed by atoms with Crippen LogP contribution in [-0.4, -0.2) is 94.7 Å². The van der Waals surface area contributed by atoms with Gasteiger partial charge in [0.2, 0.25) is 17.7 Å². The summed E-state index contributed by atoms with van der Waals surface area (Å²) in [5, 5.41) is 1.06. The number of rotatable bonds is 6. The van der Waals surface area contributed by atoms with E-state index in [-0.39, 0.29) is 43.3 Å². The van der Waals surface area contributed by atoms with E-state index >= 15 is 0 Å². The fraction of sp³-hybridized carbons (Fsp3) is 0.455. The van der Waals surface area contributed by atoms with Gasteiger partial charge in [-0.15, -0.1) is 0 Å². The molecule has 2 aromatic rings. The van der Waals surface area contributed by atoms with Crippen LogP contribution < -0.4 is 0 Å². The molecule has 0 aliphatic carbocycles. The van der Waals surface area contributed by atoms with Gasteiger partial charge in [0, 0.05) is 63.3 Å². The van der Waals surface area contributed by atoms with Crippen molar-refractivity contribution < 1.29 is 19.2 Å². The Balaban J connectivity index is 1.22. The number of aromatic amines is 1. The molecule has 0 radical (unpaired) electrons. The van der Waals surface area contributed by atoms with Gasteiger partial charge < -0.3 is 19.7 Å². The number of carbonyl (C=O) groups is 4. The molecule has 1 N–H and O–H groups in total. The molecule has 5 amide bonds. The second-order valence-corrected chi connectivity index (χ2v) is 8.09. The lowest BCUT2D eigenvalue weighted by Gasteiger charge is -2.35. The van der Waals surface area contributed by atoms with Crippen LogP contribution in [0, 0.1) is 0 Å². The molecule has 9 nitrogen and oxygen atoms in total. The summed E-state index contributed by atoms with van der Waals surface area (Å²) < 4.78 is 0. The van der Waals surface area contributed by atoms with Crippen molar-refractivity contribution in [1.82, 2.24) is 24.6 Å². The van der Waals surface area contributed by atoms with Crippen molar-refractivity contribution in [3.8, 4) is 0 Å². The van der Waals surface area contributed by atoms with E-state index in [0.717, 1.165) is 16.5 Å². The maximum atomic E-state index is 12.7. The number of nitrogens with zero attached hydrogens (tertiary/aromatic N) is 4. The van der Waals surface area contributed by atoms with E-state index in [1.54, 1.807) is 11.9 Å². The lowest BCUT2D eigenvalue weighted by molar-refractivity contribution is -0.139. The van der Waals surface area contributed by atoms with Crippen molar-refractivity contribution in [2.75, 3.05) is 46.3 Å². The molecular formula is C22H27N5O4. The zero-order valence-corrected chi connectivity index (χ0v) is 17.7. The van der Waals surface area contributed by atoms with Gasteiger partial charge in [0.05, 0.1) is 6.42 Å². The average Bonchev–Trinajstić information content (AvgIpc) is 3.29. The van der Waals surface area contributed by atoms with Gasteiger partial charge >= 0.3 is 6.03 Å². The number of nitrogens with one attached hydrogen (secondary N) is 1. The Hall–Kier alpha value is -3.36. The molecule has 2 saturated heterocycles. The SMILES string of the molecule is CN1CC(=O)N(CCCC(=O)N2CCN(C(=O)Cc3c[nH]c4ccccc34)CC2)C1=O. The molecular weight excluding hydrogens is 398 g/mol. The summed E-state index contributed by atoms with van der Waals surface area (Å²) in [6.07, 6.45) is 2.95. The molecule has 1 aromatic heterocycles. The zero-order valence-electron chi connectivity index (χ0n) is 17.7. The van der Waals surface area contributed by atoms with Crippen molar-refractivity contribution in [2.24, 2.45) is 0 Å². The molecule has 164 valence electrons. The predicted octanol–water partition coefficient (Wildman–Crippen LogP) is 1.06. The Morgan fingerprint density at radius 3 is 2.35 bits per heavy atom. The molecule has 0 unspecified atom stereocenters. The van der Waals surface area contributed by atoms with Crippen molar-refractivity contribution >= 4 is 34.7 Å². The standard InChI is InChI=1S/C22H27N5O4/c1-24-15-21(30)27(22(24)31)8-4-7-19(28)25-9-11-26(12-10-25)20(29)13-16-14-23-18-6-3-2-5-17(16)18/h2-3,5-6,14,23H,4,7-13,15H2,1H3. The topological polar surface area (TPSA) is 97.0 Å². The zero-order chi connectivity index (χ0) is 22.0. The molecule has 2 aliphatic rings. The third-order valence-corrected chi connectivity index (χ3v) is 6.00. The van der Waals surface area contributed by atoms with E-state index < -0.39 is 0 Å². The van der Waals surface area contributed by atoms with Gasteiger partial charge in [-0.3, -0.25) is 19.3 Å².